The van der Waals surface area contributed by atoms with Crippen molar-refractivity contribution in [1.29, 1.82) is 0 Å². The number of nitrogens with zero attached hydrogens (tertiary/aromatic N) is 3. The molecule has 0 saturated heterocycles. The van der Waals surface area contributed by atoms with E-state index >= 15 is 0 Å². The average Bonchev–Trinajstić information content (AvgIpc) is 2.84. The third kappa shape index (κ3) is 3.28. The summed E-state index contributed by atoms with van der Waals surface area (Å²) < 4.78 is 2.16. The fraction of sp³-hybridized carbons (Fsp3) is 0.471. The number of benzene rings is 1. The van der Waals surface area contributed by atoms with Crippen molar-refractivity contribution in [2.24, 2.45) is 0 Å². The van der Waals surface area contributed by atoms with Gasteiger partial charge in [0.1, 0.15) is 0 Å². The summed E-state index contributed by atoms with van der Waals surface area (Å²) in [7, 11) is 0. The van der Waals surface area contributed by atoms with E-state index in [1.807, 2.05) is 0 Å². The molecule has 0 amide bonds. The summed E-state index contributed by atoms with van der Waals surface area (Å²) in [6.07, 6.45) is 3.76. The van der Waals surface area contributed by atoms with Crippen LogP contribution in [0, 0.1) is 6.92 Å². The lowest BCUT2D eigenvalue weighted by molar-refractivity contribution is 0.209. The van der Waals surface area contributed by atoms with Crippen molar-refractivity contribution in [2.45, 2.75) is 39.3 Å². The van der Waals surface area contributed by atoms with Crippen molar-refractivity contribution in [3.05, 3.63) is 53.3 Å². The van der Waals surface area contributed by atoms with Gasteiger partial charge in [-0.15, -0.1) is 0 Å². The number of fused-ring (bicyclic) bond motifs is 1. The minimum atomic E-state index is 1.04. The molecule has 3 heteroatoms. The molecular formula is C17H23N3. The first-order valence-electron chi connectivity index (χ1n) is 7.61. The van der Waals surface area contributed by atoms with Crippen molar-refractivity contribution in [2.75, 3.05) is 13.1 Å². The van der Waals surface area contributed by atoms with Gasteiger partial charge in [-0.2, -0.15) is 5.10 Å². The van der Waals surface area contributed by atoms with Crippen LogP contribution in [0.5, 0.6) is 0 Å². The molecule has 1 aromatic carbocycles. The van der Waals surface area contributed by atoms with Crippen LogP contribution in [0.2, 0.25) is 0 Å². The highest BCUT2D eigenvalue weighted by atomic mass is 15.3. The molecule has 0 N–H and O–H groups in total. The van der Waals surface area contributed by atoms with Gasteiger partial charge in [-0.3, -0.25) is 9.58 Å². The van der Waals surface area contributed by atoms with Crippen molar-refractivity contribution in [1.82, 2.24) is 14.7 Å². The van der Waals surface area contributed by atoms with Crippen molar-refractivity contribution in [3.8, 4) is 0 Å². The molecule has 0 atom stereocenters. The molecule has 3 rings (SSSR count). The van der Waals surface area contributed by atoms with Gasteiger partial charge in [-0.1, -0.05) is 30.3 Å². The number of rotatable bonds is 5. The predicted molar refractivity (Wildman–Crippen MR) is 81.6 cm³/mol. The van der Waals surface area contributed by atoms with Gasteiger partial charge in [-0.05, 0) is 44.4 Å². The maximum absolute atomic E-state index is 4.51. The Morgan fingerprint density at radius 3 is 2.80 bits per heavy atom. The van der Waals surface area contributed by atoms with Crippen molar-refractivity contribution < 1.29 is 0 Å². The van der Waals surface area contributed by atoms with E-state index in [4.69, 9.17) is 0 Å². The van der Waals surface area contributed by atoms with E-state index in [1.54, 1.807) is 0 Å². The van der Waals surface area contributed by atoms with E-state index in [0.717, 1.165) is 25.3 Å². The number of hydrogen-bond acceptors (Lipinski definition) is 2. The fourth-order valence-corrected chi connectivity index (χ4v) is 2.96. The molecule has 2 aromatic rings. The van der Waals surface area contributed by atoms with Crippen LogP contribution in [0.15, 0.2) is 36.4 Å². The largest absolute Gasteiger partial charge is 0.296 e. The smallest absolute Gasteiger partial charge is 0.0597 e. The van der Waals surface area contributed by atoms with Gasteiger partial charge in [0.2, 0.25) is 0 Å². The van der Waals surface area contributed by atoms with Gasteiger partial charge in [0.15, 0.2) is 0 Å². The minimum Gasteiger partial charge on any atom is -0.296 e. The average molecular weight is 269 g/mol. The Balaban J connectivity index is 1.42. The summed E-state index contributed by atoms with van der Waals surface area (Å²) in [4.78, 5) is 2.56. The molecule has 3 nitrogen and oxygen atoms in total. The third-order valence-corrected chi connectivity index (χ3v) is 4.03. The summed E-state index contributed by atoms with van der Waals surface area (Å²) in [6, 6.07) is 13.0. The van der Waals surface area contributed by atoms with Crippen LogP contribution in [0.1, 0.15) is 29.8 Å². The zero-order valence-electron chi connectivity index (χ0n) is 12.3. The van der Waals surface area contributed by atoms with Crippen LogP contribution in [-0.2, 0) is 19.5 Å². The zero-order chi connectivity index (χ0) is 13.8. The van der Waals surface area contributed by atoms with Crippen molar-refractivity contribution in [3.63, 3.8) is 0 Å². The molecule has 0 bridgehead atoms. The zero-order valence-corrected chi connectivity index (χ0v) is 12.3. The van der Waals surface area contributed by atoms with Crippen LogP contribution in [0.25, 0.3) is 0 Å². The Morgan fingerprint density at radius 1 is 1.10 bits per heavy atom. The van der Waals surface area contributed by atoms with E-state index in [2.05, 4.69) is 58.0 Å². The van der Waals surface area contributed by atoms with Gasteiger partial charge < -0.3 is 0 Å². The molecule has 0 unspecified atom stereocenters. The standard InChI is InChI=1S/C17H23N3/c1-15-13-17-14-19(11-12-20(17)18-15)10-6-5-9-16-7-3-2-4-8-16/h2-4,7-8,13H,5-6,9-12,14H2,1H3. The van der Waals surface area contributed by atoms with Gasteiger partial charge in [0.05, 0.1) is 17.9 Å². The van der Waals surface area contributed by atoms with Crippen LogP contribution < -0.4 is 0 Å². The molecule has 1 aromatic heterocycles. The van der Waals surface area contributed by atoms with E-state index in [-0.39, 0.29) is 0 Å². The summed E-state index contributed by atoms with van der Waals surface area (Å²) in [6.45, 7) is 6.53. The lowest BCUT2D eigenvalue weighted by atomic mass is 10.1. The first-order chi connectivity index (χ1) is 9.81. The topological polar surface area (TPSA) is 21.1 Å². The molecule has 0 radical (unpaired) electrons. The summed E-state index contributed by atoms with van der Waals surface area (Å²) >= 11 is 0. The lowest BCUT2D eigenvalue weighted by Crippen LogP contribution is -2.34. The van der Waals surface area contributed by atoms with Crippen LogP contribution >= 0.6 is 0 Å². The second-order valence-electron chi connectivity index (χ2n) is 5.72. The van der Waals surface area contributed by atoms with E-state index in [0.29, 0.717) is 0 Å². The summed E-state index contributed by atoms with van der Waals surface area (Å²) in [5.74, 6) is 0. The quantitative estimate of drug-likeness (QED) is 0.778. The van der Waals surface area contributed by atoms with Crippen LogP contribution in [-0.4, -0.2) is 27.8 Å². The molecular weight excluding hydrogens is 246 g/mol. The Morgan fingerprint density at radius 2 is 1.95 bits per heavy atom. The molecule has 1 aliphatic heterocycles. The minimum absolute atomic E-state index is 1.04. The Hall–Kier alpha value is -1.61. The molecule has 0 aliphatic carbocycles. The Labute approximate surface area is 121 Å². The normalized spacial score (nSPS) is 15.2. The summed E-state index contributed by atoms with van der Waals surface area (Å²) in [5, 5.41) is 4.51. The Kier molecular flexibility index (Phi) is 4.16. The van der Waals surface area contributed by atoms with Crippen LogP contribution in [0.4, 0.5) is 0 Å². The number of unbranched alkanes of at least 4 members (excludes halogenated alkanes) is 1. The van der Waals surface area contributed by atoms with Gasteiger partial charge in [-0.25, -0.2) is 0 Å². The second kappa shape index (κ2) is 6.23. The third-order valence-electron chi connectivity index (χ3n) is 4.03. The molecule has 0 saturated carbocycles. The predicted octanol–water partition coefficient (Wildman–Crippen LogP) is 3.03. The number of aromatic nitrogens is 2. The lowest BCUT2D eigenvalue weighted by Gasteiger charge is -2.27. The summed E-state index contributed by atoms with van der Waals surface area (Å²) in [5.41, 5.74) is 3.97. The van der Waals surface area contributed by atoms with Gasteiger partial charge >= 0.3 is 0 Å². The molecule has 2 heterocycles. The van der Waals surface area contributed by atoms with E-state index in [1.165, 1.54) is 37.1 Å². The van der Waals surface area contributed by atoms with Gasteiger partial charge in [0.25, 0.3) is 0 Å². The maximum atomic E-state index is 4.51. The van der Waals surface area contributed by atoms with Crippen LogP contribution in [0.3, 0.4) is 0 Å². The van der Waals surface area contributed by atoms with Crippen molar-refractivity contribution >= 4 is 0 Å². The molecule has 20 heavy (non-hydrogen) atoms. The van der Waals surface area contributed by atoms with Gasteiger partial charge in [0, 0.05) is 13.1 Å². The van der Waals surface area contributed by atoms with E-state index < -0.39 is 0 Å². The number of hydrogen-bond donors (Lipinski definition) is 0. The molecule has 0 spiro atoms. The number of aryl methyl sites for hydroxylation is 2. The molecule has 106 valence electrons. The SMILES string of the molecule is Cc1cc2n(n1)CCN(CCCCc1ccccc1)C2. The Bertz CT molecular complexity index is 545. The maximum Gasteiger partial charge on any atom is 0.0597 e. The second-order valence-corrected chi connectivity index (χ2v) is 5.72. The molecule has 1 aliphatic rings. The monoisotopic (exact) mass is 269 g/mol. The highest BCUT2D eigenvalue weighted by Gasteiger charge is 2.16. The van der Waals surface area contributed by atoms with E-state index in [9.17, 15) is 0 Å². The first kappa shape index (κ1) is 13.4. The fourth-order valence-electron chi connectivity index (χ4n) is 2.96. The highest BCUT2D eigenvalue weighted by Crippen LogP contribution is 2.14. The molecule has 0 fully saturated rings. The highest BCUT2D eigenvalue weighted by molar-refractivity contribution is 5.14. The first-order valence-corrected chi connectivity index (χ1v) is 7.61.